The molecule has 0 aliphatic heterocycles. The molecule has 6 rings (SSSR count). The number of allylic oxidation sites excluding steroid dienone is 2. The second kappa shape index (κ2) is 14.8. The number of carbonyl (C=O) groups excluding carboxylic acids is 1. The predicted octanol–water partition coefficient (Wildman–Crippen LogP) is 13.0. The normalized spacial score (nSPS) is 12.8. The maximum Gasteiger partial charge on any atom is 0.164 e. The van der Waals surface area contributed by atoms with Crippen molar-refractivity contribution in [3.8, 4) is 11.3 Å². The summed E-state index contributed by atoms with van der Waals surface area (Å²) in [6.07, 6.45) is 6.46. The molecule has 0 spiro atoms. The molecule has 0 unspecified atom stereocenters. The number of aliphatic hydroxyl groups excluding tert-OH is 1. The number of rotatable bonds is 8. The second-order valence-electron chi connectivity index (χ2n) is 14.2. The van der Waals surface area contributed by atoms with Crippen molar-refractivity contribution < 1.29 is 30.0 Å². The molecule has 1 radical (unpaired) electrons. The number of aliphatic hydroxyl groups is 1. The van der Waals surface area contributed by atoms with Crippen LogP contribution in [0, 0.1) is 23.8 Å². The summed E-state index contributed by atoms with van der Waals surface area (Å²) in [7, 11) is 0. The Bertz CT molecular complexity index is 2100. The van der Waals surface area contributed by atoms with E-state index in [2.05, 4.69) is 73.8 Å². The van der Waals surface area contributed by atoms with Crippen molar-refractivity contribution in [1.82, 2.24) is 9.97 Å². The number of thiophene rings is 3. The molecule has 0 fully saturated rings. The van der Waals surface area contributed by atoms with Crippen molar-refractivity contribution in [3.05, 3.63) is 70.4 Å². The third-order valence-corrected chi connectivity index (χ3v) is 13.4. The van der Waals surface area contributed by atoms with Crippen LogP contribution in [0.2, 0.25) is 0 Å². The van der Waals surface area contributed by atoms with Crippen molar-refractivity contribution in [3.63, 3.8) is 0 Å². The molecule has 8 heteroatoms. The monoisotopic (exact) mass is 876 g/mol. The van der Waals surface area contributed by atoms with Gasteiger partial charge in [-0.05, 0) is 71.2 Å². The number of nitrogens with zero attached hydrogens (tertiary/aromatic N) is 2. The minimum Gasteiger partial charge on any atom is -0.512 e. The van der Waals surface area contributed by atoms with Crippen LogP contribution in [0.4, 0.5) is 0 Å². The first kappa shape index (κ1) is 38.3. The molecule has 0 aliphatic rings. The average Bonchev–Trinajstić information content (AvgIpc) is 3.79. The molecule has 0 saturated carbocycles. The number of hydrogen-bond acceptors (Lipinski definition) is 7. The maximum absolute atomic E-state index is 12.2. The van der Waals surface area contributed by atoms with Crippen LogP contribution in [0.5, 0.6) is 0 Å². The Labute approximate surface area is 311 Å². The molecule has 4 aromatic heterocycles. The number of fused-ring (bicyclic) bond motifs is 6. The quantitative estimate of drug-likeness (QED) is 0.0940. The van der Waals surface area contributed by atoms with Crippen molar-refractivity contribution in [1.29, 1.82) is 0 Å². The van der Waals surface area contributed by atoms with Crippen LogP contribution in [-0.4, -0.2) is 20.9 Å². The Balaban J connectivity index is 0.000000251. The summed E-state index contributed by atoms with van der Waals surface area (Å²) in [5.41, 5.74) is 4.17. The van der Waals surface area contributed by atoms with Gasteiger partial charge in [0.2, 0.25) is 0 Å². The van der Waals surface area contributed by atoms with Gasteiger partial charge < -0.3 is 5.11 Å². The number of aromatic nitrogens is 2. The van der Waals surface area contributed by atoms with Crippen molar-refractivity contribution in [2.75, 3.05) is 0 Å². The Hall–Kier alpha value is -2.48. The fourth-order valence-corrected chi connectivity index (χ4v) is 9.03. The van der Waals surface area contributed by atoms with E-state index in [-0.39, 0.29) is 47.9 Å². The van der Waals surface area contributed by atoms with Gasteiger partial charge in [0.15, 0.2) is 5.78 Å². The zero-order valence-electron chi connectivity index (χ0n) is 29.8. The van der Waals surface area contributed by atoms with Crippen LogP contribution in [0.15, 0.2) is 53.2 Å². The first-order valence-corrected chi connectivity index (χ1v) is 19.2. The zero-order valence-corrected chi connectivity index (χ0v) is 34.6. The molecule has 0 saturated heterocycles. The Morgan fingerprint density at radius 2 is 1.52 bits per heavy atom. The van der Waals surface area contributed by atoms with Crippen LogP contribution < -0.4 is 0 Å². The van der Waals surface area contributed by atoms with Crippen molar-refractivity contribution >= 4 is 80.3 Å². The number of ketones is 1. The van der Waals surface area contributed by atoms with Crippen LogP contribution in [-0.2, 0) is 30.3 Å². The number of aryl methyl sites for hydroxylation is 1. The van der Waals surface area contributed by atoms with Crippen LogP contribution in [0.25, 0.3) is 51.7 Å². The van der Waals surface area contributed by atoms with E-state index in [0.29, 0.717) is 0 Å². The molecule has 0 bridgehead atoms. The molecule has 0 atom stereocenters. The van der Waals surface area contributed by atoms with Gasteiger partial charge >= 0.3 is 0 Å². The van der Waals surface area contributed by atoms with Gasteiger partial charge in [0.1, 0.15) is 16.9 Å². The summed E-state index contributed by atoms with van der Waals surface area (Å²) in [5, 5.41) is 19.5. The summed E-state index contributed by atoms with van der Waals surface area (Å²) in [5.74, 6) is 0.286. The number of carbonyl (C=O) groups is 1. The first-order valence-electron chi connectivity index (χ1n) is 16.6. The van der Waals surface area contributed by atoms with Gasteiger partial charge in [0, 0.05) is 68.3 Å². The molecule has 2 aromatic carbocycles. The fourth-order valence-electron chi connectivity index (χ4n) is 5.95. The van der Waals surface area contributed by atoms with E-state index in [1.54, 1.807) is 29.0 Å². The summed E-state index contributed by atoms with van der Waals surface area (Å²) >= 11 is 5.36. The summed E-state index contributed by atoms with van der Waals surface area (Å²) in [6, 6.07) is 12.6. The van der Waals surface area contributed by atoms with E-state index >= 15 is 0 Å². The first-order chi connectivity index (χ1) is 22.2. The summed E-state index contributed by atoms with van der Waals surface area (Å²) < 4.78 is 3.92. The SMILES string of the molecule is CCC(C)(CC)C(=O)/C=C(\O)C(C)(CC)CC.Cc1csc2ccc3sc4ncnc(-c5[c-]c6ccsc6c(C(C)(C)C)c5)c4c3c12.[Ir]. The van der Waals surface area contributed by atoms with Gasteiger partial charge in [-0.3, -0.25) is 9.78 Å². The Morgan fingerprint density at radius 3 is 2.15 bits per heavy atom. The van der Waals surface area contributed by atoms with E-state index in [4.69, 9.17) is 4.98 Å². The Morgan fingerprint density at radius 1 is 0.875 bits per heavy atom. The largest absolute Gasteiger partial charge is 0.512 e. The van der Waals surface area contributed by atoms with Gasteiger partial charge in [-0.25, -0.2) is 4.98 Å². The van der Waals surface area contributed by atoms with Gasteiger partial charge in [-0.2, -0.15) is 11.3 Å². The molecule has 6 aromatic rings. The zero-order chi connectivity index (χ0) is 34.3. The molecular formula is C40H47IrN2O2S3-. The third-order valence-electron chi connectivity index (χ3n) is 10.3. The summed E-state index contributed by atoms with van der Waals surface area (Å²) in [6.45, 7) is 21.1. The summed E-state index contributed by atoms with van der Waals surface area (Å²) in [4.78, 5) is 22.7. The second-order valence-corrected chi connectivity index (χ2v) is 17.0. The third kappa shape index (κ3) is 7.07. The molecular weight excluding hydrogens is 829 g/mol. The molecule has 257 valence electrons. The van der Waals surface area contributed by atoms with E-state index in [1.807, 2.05) is 52.9 Å². The van der Waals surface area contributed by atoms with E-state index in [9.17, 15) is 9.90 Å². The standard InChI is InChI=1S/C25H19N2S3.C15H28O2.Ir/c1-13-11-29-17-5-6-18-20(19(13)17)21-22(26-12-27-24(21)30-18)15-9-14-7-8-28-23(14)16(10-15)25(2,3)4;1-7-14(5,8-2)12(16)11-13(17)15(6,9-3)10-4;/h5-8,10-12H,1-4H3;11,16H,7-10H2,1-6H3;/q-1;;/b;12-11-;. The molecule has 0 amide bonds. The Kier molecular flexibility index (Phi) is 11.8. The van der Waals surface area contributed by atoms with E-state index in [0.717, 1.165) is 47.2 Å². The van der Waals surface area contributed by atoms with Gasteiger partial charge in [0.25, 0.3) is 0 Å². The predicted molar refractivity (Wildman–Crippen MR) is 206 cm³/mol. The van der Waals surface area contributed by atoms with Crippen LogP contribution in [0.1, 0.15) is 99.1 Å². The van der Waals surface area contributed by atoms with Crippen molar-refractivity contribution in [2.24, 2.45) is 10.8 Å². The van der Waals surface area contributed by atoms with Gasteiger partial charge in [-0.1, -0.05) is 73.4 Å². The van der Waals surface area contributed by atoms with Crippen LogP contribution in [0.3, 0.4) is 0 Å². The van der Waals surface area contributed by atoms with E-state index in [1.165, 1.54) is 47.5 Å². The molecule has 0 aliphatic carbocycles. The van der Waals surface area contributed by atoms with Gasteiger partial charge in [0.05, 0.1) is 0 Å². The minimum atomic E-state index is -0.337. The molecule has 4 heterocycles. The molecule has 48 heavy (non-hydrogen) atoms. The fraction of sp³-hybridized carbons (Fsp3) is 0.425. The van der Waals surface area contributed by atoms with Gasteiger partial charge in [-0.15, -0.1) is 46.3 Å². The van der Waals surface area contributed by atoms with Crippen LogP contribution >= 0.6 is 34.0 Å². The minimum absolute atomic E-state index is 0. The number of hydrogen-bond donors (Lipinski definition) is 1. The molecule has 4 nitrogen and oxygen atoms in total. The topological polar surface area (TPSA) is 63.1 Å². The molecule has 1 N–H and O–H groups in total. The smallest absolute Gasteiger partial charge is 0.164 e. The van der Waals surface area contributed by atoms with Crippen molar-refractivity contribution in [2.45, 2.75) is 100 Å². The van der Waals surface area contributed by atoms with E-state index < -0.39 is 0 Å². The number of benzene rings is 2. The average molecular weight is 876 g/mol. The maximum atomic E-state index is 12.2.